The van der Waals surface area contributed by atoms with Crippen molar-refractivity contribution in [3.05, 3.63) is 64.4 Å². The van der Waals surface area contributed by atoms with Gasteiger partial charge in [0.1, 0.15) is 5.69 Å². The lowest BCUT2D eigenvalue weighted by Crippen LogP contribution is -2.22. The Balaban J connectivity index is 1.57. The Labute approximate surface area is 159 Å². The highest BCUT2D eigenvalue weighted by molar-refractivity contribution is 7.17. The van der Waals surface area contributed by atoms with Gasteiger partial charge in [-0.15, -0.1) is 11.3 Å². The number of hydrogen-bond acceptors (Lipinski definition) is 4. The Morgan fingerprint density at radius 1 is 1.38 bits per heavy atom. The second-order valence-corrected chi connectivity index (χ2v) is 7.43. The molecule has 0 spiro atoms. The molecule has 3 heterocycles. The topological polar surface area (TPSA) is 60.1 Å². The molecule has 1 aliphatic carbocycles. The highest BCUT2D eigenvalue weighted by Crippen LogP contribution is 2.31. The van der Waals surface area contributed by atoms with E-state index >= 15 is 0 Å². The maximum absolute atomic E-state index is 12.5. The molecule has 0 saturated heterocycles. The average Bonchev–Trinajstić information content (AvgIpc) is 3.36. The van der Waals surface area contributed by atoms with Gasteiger partial charge in [-0.2, -0.15) is 5.10 Å². The molecule has 7 heteroatoms. The SMILES string of the molecule is Cn1nc(-c2ccco2)cc1-c1ccc(C(=O)NC2=C(Cl)CCC=C2)s1. The zero-order valence-electron chi connectivity index (χ0n) is 14.0. The average molecular weight is 386 g/mol. The Morgan fingerprint density at radius 2 is 2.27 bits per heavy atom. The maximum atomic E-state index is 12.5. The van der Waals surface area contributed by atoms with Crippen LogP contribution >= 0.6 is 22.9 Å². The number of allylic oxidation sites excluding steroid dienone is 3. The summed E-state index contributed by atoms with van der Waals surface area (Å²) in [6.45, 7) is 0. The fourth-order valence-electron chi connectivity index (χ4n) is 2.77. The number of carbonyl (C=O) groups is 1. The van der Waals surface area contributed by atoms with Gasteiger partial charge in [0.25, 0.3) is 5.91 Å². The van der Waals surface area contributed by atoms with Gasteiger partial charge in [-0.25, -0.2) is 0 Å². The monoisotopic (exact) mass is 385 g/mol. The van der Waals surface area contributed by atoms with Gasteiger partial charge >= 0.3 is 0 Å². The van der Waals surface area contributed by atoms with Crippen LogP contribution < -0.4 is 5.32 Å². The van der Waals surface area contributed by atoms with E-state index in [9.17, 15) is 4.79 Å². The first-order chi connectivity index (χ1) is 12.6. The van der Waals surface area contributed by atoms with Gasteiger partial charge in [-0.05, 0) is 49.2 Å². The molecule has 0 atom stereocenters. The summed E-state index contributed by atoms with van der Waals surface area (Å²) in [5.74, 6) is 0.557. The first-order valence-corrected chi connectivity index (χ1v) is 9.36. The third-order valence-electron chi connectivity index (χ3n) is 4.09. The molecule has 132 valence electrons. The van der Waals surface area contributed by atoms with Crippen molar-refractivity contribution in [3.8, 4) is 22.0 Å². The molecule has 1 N–H and O–H groups in total. The maximum Gasteiger partial charge on any atom is 0.265 e. The van der Waals surface area contributed by atoms with Crippen molar-refractivity contribution < 1.29 is 9.21 Å². The van der Waals surface area contributed by atoms with Gasteiger partial charge in [0, 0.05) is 12.1 Å². The summed E-state index contributed by atoms with van der Waals surface area (Å²) in [5.41, 5.74) is 2.37. The molecule has 1 amide bonds. The van der Waals surface area contributed by atoms with E-state index < -0.39 is 0 Å². The van der Waals surface area contributed by atoms with Gasteiger partial charge in [-0.3, -0.25) is 9.48 Å². The van der Waals surface area contributed by atoms with Gasteiger partial charge in [0.2, 0.25) is 0 Å². The van der Waals surface area contributed by atoms with Gasteiger partial charge in [0.15, 0.2) is 5.76 Å². The molecule has 5 nitrogen and oxygen atoms in total. The number of carbonyl (C=O) groups excluding carboxylic acids is 1. The van der Waals surface area contributed by atoms with Gasteiger partial charge in [-0.1, -0.05) is 17.7 Å². The minimum atomic E-state index is -0.158. The molecule has 1 aliphatic rings. The van der Waals surface area contributed by atoms with E-state index in [0.29, 0.717) is 21.4 Å². The van der Waals surface area contributed by atoms with Crippen LogP contribution in [0.3, 0.4) is 0 Å². The van der Waals surface area contributed by atoms with E-state index in [2.05, 4.69) is 10.4 Å². The Kier molecular flexibility index (Phi) is 4.53. The molecule has 0 aliphatic heterocycles. The lowest BCUT2D eigenvalue weighted by Gasteiger charge is -2.11. The van der Waals surface area contributed by atoms with Crippen LogP contribution in [0.1, 0.15) is 22.5 Å². The highest BCUT2D eigenvalue weighted by Gasteiger charge is 2.17. The Morgan fingerprint density at radius 3 is 3.04 bits per heavy atom. The second-order valence-electron chi connectivity index (χ2n) is 5.89. The third-order valence-corrected chi connectivity index (χ3v) is 5.59. The molecule has 3 aromatic heterocycles. The van der Waals surface area contributed by atoms with E-state index in [0.717, 1.165) is 29.1 Å². The number of hydrogen-bond donors (Lipinski definition) is 1. The van der Waals surface area contributed by atoms with Crippen molar-refractivity contribution in [2.45, 2.75) is 12.8 Å². The predicted molar refractivity (Wildman–Crippen MR) is 103 cm³/mol. The first kappa shape index (κ1) is 16.9. The fourth-order valence-corrected chi connectivity index (χ4v) is 3.94. The number of aromatic nitrogens is 2. The van der Waals surface area contributed by atoms with Crippen molar-refractivity contribution in [2.75, 3.05) is 0 Å². The minimum absolute atomic E-state index is 0.158. The summed E-state index contributed by atoms with van der Waals surface area (Å²) < 4.78 is 7.19. The van der Waals surface area contributed by atoms with Crippen molar-refractivity contribution in [1.82, 2.24) is 15.1 Å². The summed E-state index contributed by atoms with van der Waals surface area (Å²) in [6, 6.07) is 9.39. The van der Waals surface area contributed by atoms with Crippen LogP contribution in [0, 0.1) is 0 Å². The molecule has 0 radical (unpaired) electrons. The number of aryl methyl sites for hydroxylation is 1. The number of nitrogens with one attached hydrogen (secondary N) is 1. The Hall–Kier alpha value is -2.57. The molecule has 3 aromatic rings. The van der Waals surface area contributed by atoms with E-state index in [1.54, 1.807) is 10.9 Å². The largest absolute Gasteiger partial charge is 0.463 e. The number of halogens is 1. The summed E-state index contributed by atoms with van der Waals surface area (Å²) in [6.07, 6.45) is 7.15. The first-order valence-electron chi connectivity index (χ1n) is 8.16. The number of amides is 1. The minimum Gasteiger partial charge on any atom is -0.463 e. The lowest BCUT2D eigenvalue weighted by atomic mass is 10.1. The molecular formula is C19H16ClN3O2S. The van der Waals surface area contributed by atoms with Crippen LogP contribution in [0.4, 0.5) is 0 Å². The van der Waals surface area contributed by atoms with Gasteiger partial charge < -0.3 is 9.73 Å². The molecule has 26 heavy (non-hydrogen) atoms. The van der Waals surface area contributed by atoms with Crippen molar-refractivity contribution in [2.24, 2.45) is 7.05 Å². The van der Waals surface area contributed by atoms with Crippen LogP contribution in [-0.4, -0.2) is 15.7 Å². The van der Waals surface area contributed by atoms with E-state index in [1.165, 1.54) is 11.3 Å². The predicted octanol–water partition coefficient (Wildman–Crippen LogP) is 4.94. The lowest BCUT2D eigenvalue weighted by molar-refractivity contribution is 0.0971. The van der Waals surface area contributed by atoms with Crippen LogP contribution in [-0.2, 0) is 7.05 Å². The summed E-state index contributed by atoms with van der Waals surface area (Å²) in [4.78, 5) is 14.1. The van der Waals surface area contributed by atoms with Crippen molar-refractivity contribution in [1.29, 1.82) is 0 Å². The van der Waals surface area contributed by atoms with E-state index in [1.807, 2.05) is 49.5 Å². The molecular weight excluding hydrogens is 370 g/mol. The molecule has 0 fully saturated rings. The highest BCUT2D eigenvalue weighted by atomic mass is 35.5. The van der Waals surface area contributed by atoms with Gasteiger partial charge in [0.05, 0.1) is 27.4 Å². The number of rotatable bonds is 4. The zero-order chi connectivity index (χ0) is 18.1. The van der Waals surface area contributed by atoms with E-state index in [-0.39, 0.29) is 5.91 Å². The van der Waals surface area contributed by atoms with Crippen molar-refractivity contribution in [3.63, 3.8) is 0 Å². The number of furan rings is 1. The standard InChI is InChI=1S/C19H16ClN3O2S/c1-23-15(11-14(22-23)16-7-4-10-25-16)17-8-9-18(26-17)19(24)21-13-6-3-2-5-12(13)20/h3-4,6-11H,2,5H2,1H3,(H,21,24). The van der Waals surface area contributed by atoms with Crippen LogP contribution in [0.15, 0.2) is 63.9 Å². The fraction of sp³-hybridized carbons (Fsp3) is 0.158. The zero-order valence-corrected chi connectivity index (χ0v) is 15.6. The molecule has 0 saturated carbocycles. The number of thiophene rings is 1. The quantitative estimate of drug-likeness (QED) is 0.692. The smallest absolute Gasteiger partial charge is 0.265 e. The van der Waals surface area contributed by atoms with Crippen LogP contribution in [0.2, 0.25) is 0 Å². The number of nitrogens with zero attached hydrogens (tertiary/aromatic N) is 2. The van der Waals surface area contributed by atoms with Crippen LogP contribution in [0.5, 0.6) is 0 Å². The Bertz CT molecular complexity index is 1010. The summed E-state index contributed by atoms with van der Waals surface area (Å²) in [5, 5.41) is 8.06. The molecule has 4 rings (SSSR count). The van der Waals surface area contributed by atoms with E-state index in [4.69, 9.17) is 16.0 Å². The normalized spacial score (nSPS) is 14.1. The molecule has 0 bridgehead atoms. The third kappa shape index (κ3) is 3.25. The van der Waals surface area contributed by atoms with Crippen LogP contribution in [0.25, 0.3) is 22.0 Å². The summed E-state index contributed by atoms with van der Waals surface area (Å²) in [7, 11) is 1.87. The van der Waals surface area contributed by atoms with Crippen molar-refractivity contribution >= 4 is 28.8 Å². The second kappa shape index (κ2) is 6.97. The molecule has 0 aromatic carbocycles. The summed E-state index contributed by atoms with van der Waals surface area (Å²) >= 11 is 7.60. The molecule has 0 unspecified atom stereocenters.